The predicted molar refractivity (Wildman–Crippen MR) is 73.1 cm³/mol. The summed E-state index contributed by atoms with van der Waals surface area (Å²) in [7, 11) is 0. The Bertz CT molecular complexity index is 644. The van der Waals surface area contributed by atoms with Crippen LogP contribution >= 0.6 is 11.6 Å². The minimum absolute atomic E-state index is 0.0257. The molecule has 3 rings (SSSR count). The van der Waals surface area contributed by atoms with Crippen LogP contribution in [0, 0.1) is 16.0 Å². The van der Waals surface area contributed by atoms with Gasteiger partial charge in [0.25, 0.3) is 5.69 Å². The van der Waals surface area contributed by atoms with Crippen molar-refractivity contribution in [2.75, 3.05) is 5.32 Å². The number of carbonyl (C=O) groups is 1. The highest BCUT2D eigenvalue weighted by atomic mass is 35.5. The highest BCUT2D eigenvalue weighted by molar-refractivity contribution is 6.33. The fourth-order valence-electron chi connectivity index (χ4n) is 3.06. The van der Waals surface area contributed by atoms with Crippen molar-refractivity contribution >= 4 is 28.9 Å². The van der Waals surface area contributed by atoms with Gasteiger partial charge in [-0.1, -0.05) is 23.8 Å². The number of hydrogen-bond acceptors (Lipinski definition) is 4. The van der Waals surface area contributed by atoms with Crippen molar-refractivity contribution in [3.63, 3.8) is 0 Å². The van der Waals surface area contributed by atoms with Gasteiger partial charge in [0.15, 0.2) is 0 Å². The number of hydrogen-bond donors (Lipinski definition) is 2. The van der Waals surface area contributed by atoms with Crippen LogP contribution in [0.4, 0.5) is 11.4 Å². The quantitative estimate of drug-likeness (QED) is 0.497. The minimum atomic E-state index is -0.975. The molecule has 6 nitrogen and oxygen atoms in total. The van der Waals surface area contributed by atoms with E-state index in [4.69, 9.17) is 11.6 Å². The lowest BCUT2D eigenvalue weighted by Gasteiger charge is -2.34. The molecule has 0 fully saturated rings. The Labute approximate surface area is 119 Å². The summed E-state index contributed by atoms with van der Waals surface area (Å²) in [5, 5.41) is 23.7. The van der Waals surface area contributed by atoms with Gasteiger partial charge in [-0.25, -0.2) is 4.79 Å². The molecule has 1 heterocycles. The molecule has 0 bridgehead atoms. The molecule has 0 spiro atoms. The first-order chi connectivity index (χ1) is 9.50. The van der Waals surface area contributed by atoms with Gasteiger partial charge in [-0.3, -0.25) is 10.1 Å². The van der Waals surface area contributed by atoms with Crippen molar-refractivity contribution in [2.24, 2.45) is 5.92 Å². The van der Waals surface area contributed by atoms with Crippen LogP contribution in [-0.4, -0.2) is 22.0 Å². The molecular formula is C13H11ClN2O4. The number of nitrogens with zero attached hydrogens (tertiary/aromatic N) is 1. The summed E-state index contributed by atoms with van der Waals surface area (Å²) >= 11 is 6.08. The summed E-state index contributed by atoms with van der Waals surface area (Å²) in [5.41, 5.74) is 0.821. The Hall–Kier alpha value is -2.08. The van der Waals surface area contributed by atoms with E-state index in [0.29, 0.717) is 22.7 Å². The maximum atomic E-state index is 11.4. The van der Waals surface area contributed by atoms with Crippen LogP contribution in [-0.2, 0) is 4.79 Å². The Morgan fingerprint density at radius 2 is 2.25 bits per heavy atom. The number of fused-ring (bicyclic) bond motifs is 3. The Morgan fingerprint density at radius 3 is 2.90 bits per heavy atom. The van der Waals surface area contributed by atoms with E-state index in [1.54, 1.807) is 0 Å². The highest BCUT2D eigenvalue weighted by Gasteiger charge is 2.44. The molecule has 0 saturated carbocycles. The first-order valence-electron chi connectivity index (χ1n) is 6.13. The van der Waals surface area contributed by atoms with E-state index in [1.165, 1.54) is 12.1 Å². The van der Waals surface area contributed by atoms with Crippen molar-refractivity contribution < 1.29 is 14.8 Å². The van der Waals surface area contributed by atoms with Gasteiger partial charge in [0, 0.05) is 17.9 Å². The summed E-state index contributed by atoms with van der Waals surface area (Å²) in [6, 6.07) is 2.00. The van der Waals surface area contributed by atoms with Gasteiger partial charge in [-0.05, 0) is 12.5 Å². The molecule has 1 aromatic rings. The number of carboxylic acids is 1. The Balaban J connectivity index is 2.22. The molecule has 2 N–H and O–H groups in total. The van der Waals surface area contributed by atoms with Gasteiger partial charge in [0.2, 0.25) is 0 Å². The molecule has 0 unspecified atom stereocenters. The van der Waals surface area contributed by atoms with Crippen LogP contribution in [0.1, 0.15) is 17.9 Å². The lowest BCUT2D eigenvalue weighted by molar-refractivity contribution is -0.385. The number of nitro benzene ring substituents is 1. The molecule has 2 aliphatic rings. The molecule has 3 atom stereocenters. The lowest BCUT2D eigenvalue weighted by Crippen LogP contribution is -2.42. The van der Waals surface area contributed by atoms with Crippen molar-refractivity contribution in [3.8, 4) is 0 Å². The molecule has 20 heavy (non-hydrogen) atoms. The van der Waals surface area contributed by atoms with Crippen LogP contribution in [0.15, 0.2) is 24.3 Å². The fourth-order valence-corrected chi connectivity index (χ4v) is 3.28. The second kappa shape index (κ2) is 4.49. The van der Waals surface area contributed by atoms with Crippen LogP contribution in [0.25, 0.3) is 0 Å². The van der Waals surface area contributed by atoms with E-state index in [-0.39, 0.29) is 17.5 Å². The van der Waals surface area contributed by atoms with E-state index in [9.17, 15) is 20.0 Å². The maximum absolute atomic E-state index is 11.4. The topological polar surface area (TPSA) is 92.5 Å². The minimum Gasteiger partial charge on any atom is -0.480 e. The average Bonchev–Trinajstić information content (AvgIpc) is 2.86. The number of anilines is 1. The van der Waals surface area contributed by atoms with Gasteiger partial charge in [-0.15, -0.1) is 0 Å². The fraction of sp³-hybridized carbons (Fsp3) is 0.308. The zero-order valence-electron chi connectivity index (χ0n) is 10.2. The zero-order chi connectivity index (χ0) is 14.4. The number of nitro groups is 1. The van der Waals surface area contributed by atoms with E-state index in [2.05, 4.69) is 5.32 Å². The summed E-state index contributed by atoms with van der Waals surface area (Å²) < 4.78 is 0. The summed E-state index contributed by atoms with van der Waals surface area (Å²) in [6.07, 6.45) is 4.29. The smallest absolute Gasteiger partial charge is 0.326 e. The van der Waals surface area contributed by atoms with Gasteiger partial charge in [0.05, 0.1) is 21.2 Å². The van der Waals surface area contributed by atoms with Crippen molar-refractivity contribution in [3.05, 3.63) is 45.0 Å². The zero-order valence-corrected chi connectivity index (χ0v) is 11.0. The van der Waals surface area contributed by atoms with Crippen LogP contribution in [0.2, 0.25) is 5.02 Å². The summed E-state index contributed by atoms with van der Waals surface area (Å²) in [6.45, 7) is 0. The maximum Gasteiger partial charge on any atom is 0.326 e. The number of aliphatic carboxylic acids is 1. The molecule has 0 aromatic heterocycles. The van der Waals surface area contributed by atoms with Crippen LogP contribution < -0.4 is 5.32 Å². The lowest BCUT2D eigenvalue weighted by atomic mass is 9.78. The standard InChI is InChI=1S/C13H11ClN2O4/c14-8-4-5-9(16(19)20)10-6-2-1-3-7(6)11(13(17)18)15-12(8)10/h1-2,4-7,11,15H,3H2,(H,17,18)/t6-,7+,11-/m1/s1. The molecule has 0 saturated heterocycles. The van der Waals surface area contributed by atoms with Gasteiger partial charge in [0.1, 0.15) is 6.04 Å². The Morgan fingerprint density at radius 1 is 1.50 bits per heavy atom. The number of halogens is 1. The molecule has 0 radical (unpaired) electrons. The van der Waals surface area contributed by atoms with Crippen LogP contribution in [0.5, 0.6) is 0 Å². The normalized spacial score (nSPS) is 26.6. The van der Waals surface area contributed by atoms with Crippen molar-refractivity contribution in [1.29, 1.82) is 0 Å². The molecule has 1 aromatic carbocycles. The summed E-state index contributed by atoms with van der Waals surface area (Å²) in [4.78, 5) is 22.1. The number of allylic oxidation sites excluding steroid dienone is 2. The number of benzene rings is 1. The van der Waals surface area contributed by atoms with Crippen LogP contribution in [0.3, 0.4) is 0 Å². The largest absolute Gasteiger partial charge is 0.480 e. The molecule has 1 aliphatic heterocycles. The molecule has 1 aliphatic carbocycles. The molecule has 104 valence electrons. The number of rotatable bonds is 2. The third kappa shape index (κ3) is 1.76. The van der Waals surface area contributed by atoms with E-state index >= 15 is 0 Å². The van der Waals surface area contributed by atoms with Gasteiger partial charge >= 0.3 is 5.97 Å². The SMILES string of the molecule is O=C(O)[C@@H]1Nc2c(Cl)ccc([N+](=O)[O-])c2[C@@H]2C=CC[C@H]12. The molecule has 7 heteroatoms. The van der Waals surface area contributed by atoms with E-state index in [0.717, 1.165) is 0 Å². The number of nitrogens with one attached hydrogen (secondary N) is 1. The first kappa shape index (κ1) is 12.9. The third-order valence-corrected chi connectivity index (χ3v) is 4.22. The predicted octanol–water partition coefficient (Wildman–Crippen LogP) is 2.79. The van der Waals surface area contributed by atoms with Gasteiger partial charge in [-0.2, -0.15) is 0 Å². The highest BCUT2D eigenvalue weighted by Crippen LogP contribution is 2.50. The summed E-state index contributed by atoms with van der Waals surface area (Å²) in [5.74, 6) is -1.49. The van der Waals surface area contributed by atoms with Crippen molar-refractivity contribution in [2.45, 2.75) is 18.4 Å². The first-order valence-corrected chi connectivity index (χ1v) is 6.51. The Kier molecular flexibility index (Phi) is 2.90. The van der Waals surface area contributed by atoms with E-state index < -0.39 is 16.9 Å². The van der Waals surface area contributed by atoms with Crippen molar-refractivity contribution in [1.82, 2.24) is 0 Å². The average molecular weight is 295 g/mol. The molecular weight excluding hydrogens is 284 g/mol. The second-order valence-corrected chi connectivity index (χ2v) is 5.33. The van der Waals surface area contributed by atoms with Gasteiger partial charge < -0.3 is 10.4 Å². The molecule has 0 amide bonds. The second-order valence-electron chi connectivity index (χ2n) is 4.93. The van der Waals surface area contributed by atoms with E-state index in [1.807, 2.05) is 12.2 Å². The monoisotopic (exact) mass is 294 g/mol. The number of carboxylic acid groups (broad SMARTS) is 1. The third-order valence-electron chi connectivity index (χ3n) is 3.91.